The van der Waals surface area contributed by atoms with Crippen LogP contribution in [-0.2, 0) is 9.47 Å². The summed E-state index contributed by atoms with van der Waals surface area (Å²) in [5.41, 5.74) is 11.0. The van der Waals surface area contributed by atoms with Crippen molar-refractivity contribution >= 4 is 138 Å². The van der Waals surface area contributed by atoms with E-state index in [0.29, 0.717) is 27.9 Å². The minimum atomic E-state index is -0.864. The van der Waals surface area contributed by atoms with E-state index in [2.05, 4.69) is 88.8 Å². The predicted octanol–water partition coefficient (Wildman–Crippen LogP) is 12.9. The fourth-order valence-corrected chi connectivity index (χ4v) is 8.92. The number of fused-ring (bicyclic) bond motifs is 4. The van der Waals surface area contributed by atoms with Crippen LogP contribution in [0.5, 0.6) is 0 Å². The lowest BCUT2D eigenvalue weighted by atomic mass is 10.2. The number of anilines is 4. The standard InChI is InChI=1S/C16H16ClN5O2.C13H13N5.C10H8BrNO.C9H5BrO2S.C4H9NO/c1-16(2,3)24-15(23)22-12-5-4-11(8-10(12)9-19-22)20-13-6-7-18-14(17)21-13;1-8-11-7-10(3-4-12(11)18-17-8)16-13-5-6-14-9(2)15-13;1-6(13)9-4-7-2-3-8(11)5-10(7)12-9;10-6-2-1-5-3-8(9(11)12)13-7(5)4-6;5-4-1-2-6-3-4/h4-9H,1-3H3,(H,18,20,21);3-7H,1-2H3,(H,17,18)(H,14,15,16);2-5,12H,1H3;1-4H,(H,11,12);4H,1-3,5H2. The number of halogens is 3. The second kappa shape index (κ2) is 24.7. The summed E-state index contributed by atoms with van der Waals surface area (Å²) in [6.45, 7) is 12.5. The Kier molecular flexibility index (Phi) is 18.3. The lowest BCUT2D eigenvalue weighted by molar-refractivity contribution is 0.0522. The third-order valence-electron chi connectivity index (χ3n) is 10.4. The van der Waals surface area contributed by atoms with Gasteiger partial charge in [-0.05, 0) is 143 Å². The Labute approximate surface area is 450 Å². The van der Waals surface area contributed by atoms with Crippen molar-refractivity contribution in [1.29, 1.82) is 0 Å². The Morgan fingerprint density at radius 2 is 1.55 bits per heavy atom. The first kappa shape index (κ1) is 54.6. The third kappa shape index (κ3) is 15.4. The number of nitrogens with zero attached hydrogens (tertiary/aromatic N) is 7. The molecule has 18 nitrogen and oxygen atoms in total. The molecule has 382 valence electrons. The molecule has 1 aliphatic rings. The zero-order chi connectivity index (χ0) is 53.1. The van der Waals surface area contributed by atoms with Crippen LogP contribution in [0.2, 0.25) is 5.28 Å². The van der Waals surface area contributed by atoms with Gasteiger partial charge in [0.05, 0.1) is 29.5 Å². The molecule has 1 saturated heterocycles. The Bertz CT molecular complexity index is 3500. The molecule has 7 N–H and O–H groups in total. The molecule has 22 heteroatoms. The number of aromatic carboxylic acids is 1. The van der Waals surface area contributed by atoms with Crippen molar-refractivity contribution in [3.63, 3.8) is 0 Å². The Balaban J connectivity index is 0.000000142. The van der Waals surface area contributed by atoms with Gasteiger partial charge in [-0.25, -0.2) is 29.5 Å². The second-order valence-corrected chi connectivity index (χ2v) is 20.8. The number of hydrogen-bond acceptors (Lipinski definition) is 15. The summed E-state index contributed by atoms with van der Waals surface area (Å²) in [4.78, 5) is 53.6. The molecular formula is C52H51Br2ClN12O6S. The number of H-pyrrole nitrogens is 2. The molecule has 4 aromatic carbocycles. The van der Waals surface area contributed by atoms with Crippen LogP contribution in [0.15, 0.2) is 125 Å². The van der Waals surface area contributed by atoms with Crippen LogP contribution in [0, 0.1) is 13.8 Å². The number of carbonyl (C=O) groups is 3. The number of aromatic nitrogens is 9. The van der Waals surface area contributed by atoms with Crippen LogP contribution in [0.3, 0.4) is 0 Å². The molecule has 0 saturated carbocycles. The summed E-state index contributed by atoms with van der Waals surface area (Å²) in [6, 6.07) is 30.6. The summed E-state index contributed by atoms with van der Waals surface area (Å²) in [6.07, 6.45) is 5.45. The van der Waals surface area contributed by atoms with E-state index < -0.39 is 17.7 Å². The van der Waals surface area contributed by atoms with Crippen molar-refractivity contribution in [2.75, 3.05) is 23.8 Å². The summed E-state index contributed by atoms with van der Waals surface area (Å²) in [7, 11) is 0. The number of hydrogen-bond donors (Lipinski definition) is 6. The molecule has 11 rings (SSSR count). The number of rotatable bonds is 6. The molecule has 0 radical (unpaired) electrons. The molecule has 0 bridgehead atoms. The number of carbonyl (C=O) groups excluding carboxylic acids is 2. The zero-order valence-corrected chi connectivity index (χ0v) is 45.7. The number of nitrogens with two attached hydrogens (primary N) is 1. The number of nitrogens with one attached hydrogen (secondary N) is 4. The monoisotopic (exact) mass is 1160 g/mol. The highest BCUT2D eigenvalue weighted by molar-refractivity contribution is 9.10. The molecule has 1 aliphatic heterocycles. The molecule has 10 aromatic rings. The SMILES string of the molecule is CC(=O)c1cc2ccc(Br)cc2[nH]1.CC(C)(C)OC(=O)n1ncc2cc(Nc3ccnc(Cl)n3)ccc21.Cc1nccc(Nc2ccc3n[nH]c(C)c3c2)n1.NC1CCOC1.O=C(O)c1cc2ccc(Br)cc2s1. The fraction of sp³-hybridized carbons (Fsp3) is 0.212. The number of carboxylic acid groups (broad SMARTS) is 1. The topological polar surface area (TPSA) is 254 Å². The van der Waals surface area contributed by atoms with E-state index >= 15 is 0 Å². The number of aryl methyl sites for hydroxylation is 2. The van der Waals surface area contributed by atoms with Crippen molar-refractivity contribution in [2.24, 2.45) is 5.73 Å². The van der Waals surface area contributed by atoms with Gasteiger partial charge in [0.25, 0.3) is 0 Å². The number of carboxylic acids is 1. The molecule has 0 spiro atoms. The number of thiophene rings is 1. The highest BCUT2D eigenvalue weighted by atomic mass is 79.9. The van der Waals surface area contributed by atoms with Crippen molar-refractivity contribution in [1.82, 2.24) is 44.9 Å². The van der Waals surface area contributed by atoms with E-state index in [9.17, 15) is 14.4 Å². The van der Waals surface area contributed by atoms with E-state index in [-0.39, 0.29) is 11.1 Å². The van der Waals surface area contributed by atoms with Crippen LogP contribution < -0.4 is 16.4 Å². The van der Waals surface area contributed by atoms with Crippen molar-refractivity contribution in [3.05, 3.63) is 152 Å². The predicted molar refractivity (Wildman–Crippen MR) is 298 cm³/mol. The smallest absolute Gasteiger partial charge is 0.435 e. The molecule has 1 fully saturated rings. The molecule has 1 unspecified atom stereocenters. The summed E-state index contributed by atoms with van der Waals surface area (Å²) in [5.74, 6) is 1.32. The van der Waals surface area contributed by atoms with Crippen molar-refractivity contribution < 1.29 is 29.0 Å². The van der Waals surface area contributed by atoms with E-state index in [1.54, 1.807) is 43.7 Å². The zero-order valence-electron chi connectivity index (χ0n) is 40.9. The molecular weight excluding hydrogens is 1120 g/mol. The van der Waals surface area contributed by atoms with Gasteiger partial charge in [-0.1, -0.05) is 44.0 Å². The average molecular weight is 1170 g/mol. The van der Waals surface area contributed by atoms with Gasteiger partial charge in [0, 0.05) is 84.4 Å². The van der Waals surface area contributed by atoms with Crippen LogP contribution in [0.4, 0.5) is 27.8 Å². The van der Waals surface area contributed by atoms with Crippen LogP contribution in [0.25, 0.3) is 42.8 Å². The van der Waals surface area contributed by atoms with Gasteiger partial charge in [-0.2, -0.15) is 14.9 Å². The maximum Gasteiger partial charge on any atom is 0.435 e. The summed E-state index contributed by atoms with van der Waals surface area (Å²) < 4.78 is 14.5. The van der Waals surface area contributed by atoms with E-state index in [1.165, 1.54) is 16.0 Å². The fourth-order valence-electron chi connectivity index (χ4n) is 6.96. The first-order chi connectivity index (χ1) is 35.3. The van der Waals surface area contributed by atoms with E-state index in [0.717, 1.165) is 94.6 Å². The Hall–Kier alpha value is -7.14. The second-order valence-electron chi connectivity index (χ2n) is 17.5. The number of ether oxygens (including phenoxy) is 2. The van der Waals surface area contributed by atoms with Gasteiger partial charge in [0.2, 0.25) is 5.28 Å². The van der Waals surface area contributed by atoms with Crippen molar-refractivity contribution in [2.45, 2.75) is 59.6 Å². The Morgan fingerprint density at radius 3 is 2.20 bits per heavy atom. The van der Waals surface area contributed by atoms with Crippen molar-refractivity contribution in [3.8, 4) is 0 Å². The molecule has 7 heterocycles. The normalized spacial score (nSPS) is 12.9. The number of Topliss-reactive ketones (excluding diaryl/α,β-unsaturated/α-hetero) is 1. The first-order valence-electron chi connectivity index (χ1n) is 22.8. The molecule has 1 atom stereocenters. The summed E-state index contributed by atoms with van der Waals surface area (Å²) in [5, 5.41) is 30.5. The number of aromatic amines is 2. The van der Waals surface area contributed by atoms with E-state index in [4.69, 9.17) is 31.9 Å². The minimum Gasteiger partial charge on any atom is -0.477 e. The molecule has 0 aliphatic carbocycles. The number of benzene rings is 4. The van der Waals surface area contributed by atoms with Crippen LogP contribution in [-0.4, -0.2) is 92.7 Å². The van der Waals surface area contributed by atoms with Gasteiger partial charge in [0.1, 0.15) is 27.9 Å². The lowest BCUT2D eigenvalue weighted by Gasteiger charge is -2.19. The van der Waals surface area contributed by atoms with Gasteiger partial charge >= 0.3 is 12.1 Å². The summed E-state index contributed by atoms with van der Waals surface area (Å²) >= 11 is 13.8. The molecule has 6 aromatic heterocycles. The first-order valence-corrected chi connectivity index (χ1v) is 25.6. The largest absolute Gasteiger partial charge is 0.477 e. The third-order valence-corrected chi connectivity index (χ3v) is 12.7. The van der Waals surface area contributed by atoms with Gasteiger partial charge < -0.3 is 35.9 Å². The quantitative estimate of drug-likeness (QED) is 0.0669. The highest BCUT2D eigenvalue weighted by Gasteiger charge is 2.20. The lowest BCUT2D eigenvalue weighted by Crippen LogP contribution is -2.27. The Morgan fingerprint density at radius 1 is 0.865 bits per heavy atom. The minimum absolute atomic E-state index is 0.0623. The molecule has 74 heavy (non-hydrogen) atoms. The van der Waals surface area contributed by atoms with Gasteiger partial charge in [-0.3, -0.25) is 9.89 Å². The highest BCUT2D eigenvalue weighted by Crippen LogP contribution is 2.29. The van der Waals surface area contributed by atoms with E-state index in [1.807, 2.05) is 107 Å². The average Bonchev–Trinajstić information content (AvgIpc) is 4.21. The number of ketones is 1. The van der Waals surface area contributed by atoms with Crippen LogP contribution in [0.1, 0.15) is 65.8 Å². The van der Waals surface area contributed by atoms with Gasteiger partial charge in [0.15, 0.2) is 5.78 Å². The maximum absolute atomic E-state index is 12.2. The molecule has 0 amide bonds. The van der Waals surface area contributed by atoms with Crippen LogP contribution >= 0.6 is 54.8 Å². The van der Waals surface area contributed by atoms with Gasteiger partial charge in [-0.15, -0.1) is 11.3 Å². The maximum atomic E-state index is 12.2.